The van der Waals surface area contributed by atoms with E-state index in [1.54, 1.807) is 6.92 Å². The summed E-state index contributed by atoms with van der Waals surface area (Å²) in [6.45, 7) is 5.90. The maximum atomic E-state index is 12.6. The molecule has 1 aliphatic rings. The number of rotatable bonds is 4. The van der Waals surface area contributed by atoms with Crippen LogP contribution < -0.4 is 14.8 Å². The maximum absolute atomic E-state index is 12.6. The number of nitrogens with one attached hydrogen (secondary N) is 1. The zero-order chi connectivity index (χ0) is 18.3. The molecule has 0 radical (unpaired) electrons. The molecule has 4 rings (SSSR count). The summed E-state index contributed by atoms with van der Waals surface area (Å²) in [7, 11) is 0. The average Bonchev–Trinajstić information content (AvgIpc) is 3.32. The first-order valence-corrected chi connectivity index (χ1v) is 9.04. The van der Waals surface area contributed by atoms with Crippen LogP contribution in [0.4, 0.5) is 5.13 Å². The lowest BCUT2D eigenvalue weighted by molar-refractivity contribution is 0.102. The van der Waals surface area contributed by atoms with Gasteiger partial charge in [-0.2, -0.15) is 0 Å². The summed E-state index contributed by atoms with van der Waals surface area (Å²) in [4.78, 5) is 17.1. The molecule has 0 bridgehead atoms. The average molecular weight is 371 g/mol. The van der Waals surface area contributed by atoms with Gasteiger partial charge in [-0.05, 0) is 25.1 Å². The van der Waals surface area contributed by atoms with Crippen molar-refractivity contribution >= 4 is 22.4 Å². The van der Waals surface area contributed by atoms with Gasteiger partial charge >= 0.3 is 0 Å². The van der Waals surface area contributed by atoms with Crippen LogP contribution in [0.5, 0.6) is 11.5 Å². The van der Waals surface area contributed by atoms with Crippen LogP contribution in [0.2, 0.25) is 0 Å². The van der Waals surface area contributed by atoms with Gasteiger partial charge in [-0.1, -0.05) is 19.0 Å². The highest BCUT2D eigenvalue weighted by Gasteiger charge is 2.23. The summed E-state index contributed by atoms with van der Waals surface area (Å²) >= 11 is 1.36. The Morgan fingerprint density at radius 2 is 2.08 bits per heavy atom. The fraction of sp³-hybridized carbons (Fsp3) is 0.278. The van der Waals surface area contributed by atoms with Crippen LogP contribution in [0.15, 0.2) is 28.1 Å². The van der Waals surface area contributed by atoms with E-state index >= 15 is 0 Å². The fourth-order valence-electron chi connectivity index (χ4n) is 2.74. The number of aromatic nitrogens is 2. The largest absolute Gasteiger partial charge is 0.454 e. The first kappa shape index (κ1) is 16.6. The van der Waals surface area contributed by atoms with Gasteiger partial charge in [0.15, 0.2) is 22.4 Å². The number of aryl methyl sites for hydroxylation is 1. The minimum absolute atomic E-state index is 0.0671. The standard InChI is InChI=1S/C18H17N3O4S/c1-9(2)16-15(10(3)21-25-16)17(22)20-18-19-12(7-26-18)11-4-5-13-14(6-11)24-8-23-13/h4-7,9H,8H2,1-3H3,(H,19,20,22). The number of thiazole rings is 1. The van der Waals surface area contributed by atoms with Crippen LogP contribution >= 0.6 is 11.3 Å². The van der Waals surface area contributed by atoms with Gasteiger partial charge < -0.3 is 14.0 Å². The molecule has 0 saturated heterocycles. The second-order valence-corrected chi connectivity index (χ2v) is 7.08. The summed E-state index contributed by atoms with van der Waals surface area (Å²) in [5.41, 5.74) is 2.70. The Balaban J connectivity index is 1.56. The molecule has 0 unspecified atom stereocenters. The molecule has 0 aliphatic carbocycles. The number of benzene rings is 1. The number of anilines is 1. The minimum atomic E-state index is -0.265. The fourth-order valence-corrected chi connectivity index (χ4v) is 3.45. The zero-order valence-electron chi connectivity index (χ0n) is 14.5. The first-order chi connectivity index (χ1) is 12.5. The smallest absolute Gasteiger partial charge is 0.262 e. The molecule has 2 aromatic heterocycles. The number of hydrogen-bond donors (Lipinski definition) is 1. The molecular weight excluding hydrogens is 354 g/mol. The van der Waals surface area contributed by atoms with Crippen LogP contribution in [0.3, 0.4) is 0 Å². The molecule has 0 saturated carbocycles. The molecule has 1 aliphatic heterocycles. The quantitative estimate of drug-likeness (QED) is 0.739. The molecular formula is C18H17N3O4S. The second-order valence-electron chi connectivity index (χ2n) is 6.22. The Morgan fingerprint density at radius 1 is 1.27 bits per heavy atom. The van der Waals surface area contributed by atoms with Gasteiger partial charge in [-0.3, -0.25) is 10.1 Å². The van der Waals surface area contributed by atoms with Crippen molar-refractivity contribution in [3.63, 3.8) is 0 Å². The Bertz CT molecular complexity index is 977. The van der Waals surface area contributed by atoms with Gasteiger partial charge in [0.2, 0.25) is 6.79 Å². The van der Waals surface area contributed by atoms with Crippen molar-refractivity contribution < 1.29 is 18.8 Å². The Hall–Kier alpha value is -2.87. The third kappa shape index (κ3) is 2.92. The van der Waals surface area contributed by atoms with E-state index in [2.05, 4.69) is 15.5 Å². The predicted octanol–water partition coefficient (Wildman–Crippen LogP) is 4.21. The summed E-state index contributed by atoms with van der Waals surface area (Å²) in [5.74, 6) is 1.80. The molecule has 26 heavy (non-hydrogen) atoms. The Labute approximate surface area is 153 Å². The van der Waals surface area contributed by atoms with E-state index in [0.717, 1.165) is 17.0 Å². The van der Waals surface area contributed by atoms with Crippen LogP contribution in [0.25, 0.3) is 11.3 Å². The van der Waals surface area contributed by atoms with Crippen molar-refractivity contribution in [2.75, 3.05) is 12.1 Å². The lowest BCUT2D eigenvalue weighted by Crippen LogP contribution is -2.14. The van der Waals surface area contributed by atoms with Crippen LogP contribution in [0, 0.1) is 6.92 Å². The van der Waals surface area contributed by atoms with Crippen molar-refractivity contribution in [2.24, 2.45) is 0 Å². The SMILES string of the molecule is Cc1noc(C(C)C)c1C(=O)Nc1nc(-c2ccc3c(c2)OCO3)cs1. The third-order valence-electron chi connectivity index (χ3n) is 4.03. The van der Waals surface area contributed by atoms with Crippen LogP contribution in [0.1, 0.15) is 41.6 Å². The number of carbonyl (C=O) groups excluding carboxylic acids is 1. The van der Waals surface area contributed by atoms with E-state index in [9.17, 15) is 4.79 Å². The summed E-state index contributed by atoms with van der Waals surface area (Å²) in [6.07, 6.45) is 0. The van der Waals surface area contributed by atoms with E-state index in [1.165, 1.54) is 11.3 Å². The molecule has 1 N–H and O–H groups in total. The molecule has 0 fully saturated rings. The van der Waals surface area contributed by atoms with Crippen molar-refractivity contribution in [1.29, 1.82) is 0 Å². The molecule has 8 heteroatoms. The number of carbonyl (C=O) groups is 1. The molecule has 134 valence electrons. The first-order valence-electron chi connectivity index (χ1n) is 8.16. The van der Waals surface area contributed by atoms with Gasteiger partial charge in [-0.25, -0.2) is 4.98 Å². The van der Waals surface area contributed by atoms with Gasteiger partial charge in [-0.15, -0.1) is 11.3 Å². The van der Waals surface area contributed by atoms with Crippen molar-refractivity contribution in [3.8, 4) is 22.8 Å². The van der Waals surface area contributed by atoms with Crippen molar-refractivity contribution in [1.82, 2.24) is 10.1 Å². The van der Waals surface area contributed by atoms with Gasteiger partial charge in [0, 0.05) is 16.9 Å². The van der Waals surface area contributed by atoms with E-state index in [-0.39, 0.29) is 18.6 Å². The molecule has 1 amide bonds. The highest BCUT2D eigenvalue weighted by molar-refractivity contribution is 7.14. The summed E-state index contributed by atoms with van der Waals surface area (Å²) < 4.78 is 16.0. The predicted molar refractivity (Wildman–Crippen MR) is 97.0 cm³/mol. The Morgan fingerprint density at radius 3 is 2.88 bits per heavy atom. The lowest BCUT2D eigenvalue weighted by Gasteiger charge is -2.04. The number of ether oxygens (including phenoxy) is 2. The minimum Gasteiger partial charge on any atom is -0.454 e. The van der Waals surface area contributed by atoms with E-state index < -0.39 is 0 Å². The zero-order valence-corrected chi connectivity index (χ0v) is 15.3. The van der Waals surface area contributed by atoms with Gasteiger partial charge in [0.05, 0.1) is 11.4 Å². The van der Waals surface area contributed by atoms with Crippen LogP contribution in [-0.2, 0) is 0 Å². The van der Waals surface area contributed by atoms with Crippen molar-refractivity contribution in [2.45, 2.75) is 26.7 Å². The lowest BCUT2D eigenvalue weighted by atomic mass is 10.0. The molecule has 3 aromatic rings. The van der Waals surface area contributed by atoms with Gasteiger partial charge in [0.1, 0.15) is 5.56 Å². The number of nitrogens with zero attached hydrogens (tertiary/aromatic N) is 2. The third-order valence-corrected chi connectivity index (χ3v) is 4.79. The van der Waals surface area contributed by atoms with E-state index in [4.69, 9.17) is 14.0 Å². The van der Waals surface area contributed by atoms with Gasteiger partial charge in [0.25, 0.3) is 5.91 Å². The van der Waals surface area contributed by atoms with Crippen LogP contribution in [-0.4, -0.2) is 22.8 Å². The summed E-state index contributed by atoms with van der Waals surface area (Å²) in [6, 6.07) is 5.64. The molecule has 3 heterocycles. The molecule has 1 aromatic carbocycles. The number of hydrogen-bond acceptors (Lipinski definition) is 7. The topological polar surface area (TPSA) is 86.5 Å². The summed E-state index contributed by atoms with van der Waals surface area (Å²) in [5, 5.41) is 9.14. The highest BCUT2D eigenvalue weighted by Crippen LogP contribution is 2.36. The molecule has 0 atom stereocenters. The van der Waals surface area contributed by atoms with E-state index in [1.807, 2.05) is 37.4 Å². The van der Waals surface area contributed by atoms with Crippen molar-refractivity contribution in [3.05, 3.63) is 40.6 Å². The van der Waals surface area contributed by atoms with E-state index in [0.29, 0.717) is 27.9 Å². The maximum Gasteiger partial charge on any atom is 0.262 e. The molecule has 0 spiro atoms. The normalized spacial score (nSPS) is 12.6. The number of amides is 1. The second kappa shape index (κ2) is 6.45. The Kier molecular flexibility index (Phi) is 4.12. The monoisotopic (exact) mass is 371 g/mol. The number of fused-ring (bicyclic) bond motifs is 1. The highest BCUT2D eigenvalue weighted by atomic mass is 32.1. The molecule has 7 nitrogen and oxygen atoms in total.